The predicted molar refractivity (Wildman–Crippen MR) is 67.8 cm³/mol. The number of hydrogen-bond acceptors (Lipinski definition) is 4. The van der Waals surface area contributed by atoms with Crippen LogP contribution in [-0.2, 0) is 9.53 Å². The third-order valence-electron chi connectivity index (χ3n) is 2.02. The molecule has 0 aliphatic carbocycles. The summed E-state index contributed by atoms with van der Waals surface area (Å²) < 4.78 is 4.44. The first-order valence-corrected chi connectivity index (χ1v) is 5.49. The van der Waals surface area contributed by atoms with Crippen molar-refractivity contribution >= 4 is 23.5 Å². The first-order chi connectivity index (χ1) is 8.52. The molecule has 6 heteroatoms. The molecule has 2 N–H and O–H groups in total. The molecule has 1 rings (SSSR count). The molecule has 1 aromatic carbocycles. The normalized spacial score (nSPS) is 10.7. The molecule has 0 aliphatic rings. The zero-order chi connectivity index (χ0) is 13.5. The molecular weight excluding hydrogens is 256 g/mol. The van der Waals surface area contributed by atoms with E-state index in [1.165, 1.54) is 13.2 Å². The minimum atomic E-state index is -0.499. The highest BCUT2D eigenvalue weighted by Gasteiger charge is 2.04. The first-order valence-electron chi connectivity index (χ1n) is 5.11. The van der Waals surface area contributed by atoms with Crippen molar-refractivity contribution in [3.05, 3.63) is 46.6 Å². The molecule has 0 heterocycles. The second-order valence-corrected chi connectivity index (χ2v) is 3.87. The minimum absolute atomic E-state index is 0.329. The lowest BCUT2D eigenvalue weighted by molar-refractivity contribution is -0.134. The Labute approximate surface area is 110 Å². The highest BCUT2D eigenvalue weighted by molar-refractivity contribution is 6.30. The van der Waals surface area contributed by atoms with Gasteiger partial charge in [0.05, 0.1) is 7.11 Å². The molecule has 96 valence electrons. The van der Waals surface area contributed by atoms with E-state index in [-0.39, 0.29) is 5.91 Å². The van der Waals surface area contributed by atoms with Crippen LogP contribution in [0.5, 0.6) is 0 Å². The highest BCUT2D eigenvalue weighted by Crippen LogP contribution is 2.08. The molecule has 1 amide bonds. The van der Waals surface area contributed by atoms with E-state index in [0.29, 0.717) is 16.3 Å². The summed E-state index contributed by atoms with van der Waals surface area (Å²) in [5, 5.41) is 0.557. The van der Waals surface area contributed by atoms with Crippen LogP contribution in [-0.4, -0.2) is 19.0 Å². The first kappa shape index (κ1) is 14.1. The maximum absolute atomic E-state index is 11.7. The number of carbonyl (C=O) groups excluding carboxylic acids is 2. The standard InChI is InChI=1S/C12H13ClN2O3/c1-8(7-11(16)18-2)14-15-12(17)9-3-5-10(13)6-4-9/h3-7,14H,1-2H3,(H,15,17)/b8-7-. The average Bonchev–Trinajstić information content (AvgIpc) is 2.36. The molecule has 0 aromatic heterocycles. The Balaban J connectivity index is 2.54. The van der Waals surface area contributed by atoms with Gasteiger partial charge < -0.3 is 10.2 Å². The number of carbonyl (C=O) groups is 2. The SMILES string of the molecule is COC(=O)/C=C(/C)NNC(=O)c1ccc(Cl)cc1. The van der Waals surface area contributed by atoms with Gasteiger partial charge in [-0.3, -0.25) is 10.2 Å². The summed E-state index contributed by atoms with van der Waals surface area (Å²) in [6.07, 6.45) is 1.22. The van der Waals surface area contributed by atoms with E-state index in [1.54, 1.807) is 31.2 Å². The fraction of sp³-hybridized carbons (Fsp3) is 0.167. The number of esters is 1. The summed E-state index contributed by atoms with van der Waals surface area (Å²) in [7, 11) is 1.28. The van der Waals surface area contributed by atoms with Gasteiger partial charge in [-0.1, -0.05) is 11.6 Å². The van der Waals surface area contributed by atoms with Crippen molar-refractivity contribution in [2.75, 3.05) is 7.11 Å². The van der Waals surface area contributed by atoms with Crippen LogP contribution in [0.2, 0.25) is 5.02 Å². The largest absolute Gasteiger partial charge is 0.466 e. The number of allylic oxidation sites excluding steroid dienone is 1. The number of amides is 1. The highest BCUT2D eigenvalue weighted by atomic mass is 35.5. The van der Waals surface area contributed by atoms with Gasteiger partial charge in [-0.05, 0) is 31.2 Å². The molecule has 0 radical (unpaired) electrons. The monoisotopic (exact) mass is 268 g/mol. The third kappa shape index (κ3) is 4.47. The number of halogens is 1. The Morgan fingerprint density at radius 1 is 1.22 bits per heavy atom. The Morgan fingerprint density at radius 3 is 2.39 bits per heavy atom. The van der Waals surface area contributed by atoms with Crippen LogP contribution >= 0.6 is 11.6 Å². The van der Waals surface area contributed by atoms with E-state index in [0.717, 1.165) is 0 Å². The molecule has 0 saturated heterocycles. The van der Waals surface area contributed by atoms with Crippen LogP contribution in [0.25, 0.3) is 0 Å². The minimum Gasteiger partial charge on any atom is -0.466 e. The molecule has 18 heavy (non-hydrogen) atoms. The number of ether oxygens (including phenoxy) is 1. The van der Waals surface area contributed by atoms with Gasteiger partial charge in [0.1, 0.15) is 0 Å². The number of nitrogens with one attached hydrogen (secondary N) is 2. The molecule has 0 spiro atoms. The molecule has 0 bridgehead atoms. The quantitative estimate of drug-likeness (QED) is 0.495. The lowest BCUT2D eigenvalue weighted by atomic mass is 10.2. The Kier molecular flexibility index (Phi) is 5.20. The van der Waals surface area contributed by atoms with Crippen molar-refractivity contribution in [3.63, 3.8) is 0 Å². The van der Waals surface area contributed by atoms with E-state index >= 15 is 0 Å². The van der Waals surface area contributed by atoms with Crippen LogP contribution in [0.15, 0.2) is 36.0 Å². The van der Waals surface area contributed by atoms with Gasteiger partial charge in [0, 0.05) is 22.4 Å². The van der Waals surface area contributed by atoms with E-state index < -0.39 is 5.97 Å². The van der Waals surface area contributed by atoms with Crippen molar-refractivity contribution in [3.8, 4) is 0 Å². The van der Waals surface area contributed by atoms with Gasteiger partial charge in [-0.15, -0.1) is 0 Å². The number of hydrogen-bond donors (Lipinski definition) is 2. The fourth-order valence-corrected chi connectivity index (χ4v) is 1.23. The molecule has 0 atom stereocenters. The summed E-state index contributed by atoms with van der Waals surface area (Å²) in [6, 6.07) is 6.43. The van der Waals surface area contributed by atoms with Crippen LogP contribution in [0.3, 0.4) is 0 Å². The van der Waals surface area contributed by atoms with Gasteiger partial charge in [0.25, 0.3) is 5.91 Å². The lowest BCUT2D eigenvalue weighted by Gasteiger charge is -2.08. The van der Waals surface area contributed by atoms with Crippen molar-refractivity contribution < 1.29 is 14.3 Å². The maximum atomic E-state index is 11.7. The van der Waals surface area contributed by atoms with Gasteiger partial charge in [-0.25, -0.2) is 4.79 Å². The van der Waals surface area contributed by atoms with Gasteiger partial charge >= 0.3 is 5.97 Å². The smallest absolute Gasteiger partial charge is 0.332 e. The van der Waals surface area contributed by atoms with Crippen molar-refractivity contribution in [2.24, 2.45) is 0 Å². The van der Waals surface area contributed by atoms with E-state index in [4.69, 9.17) is 11.6 Å². The Hall–Kier alpha value is -2.01. The van der Waals surface area contributed by atoms with Crippen LogP contribution in [0, 0.1) is 0 Å². The van der Waals surface area contributed by atoms with Gasteiger partial charge in [-0.2, -0.15) is 0 Å². The number of benzene rings is 1. The molecule has 1 aromatic rings. The maximum Gasteiger partial charge on any atom is 0.332 e. The summed E-state index contributed by atoms with van der Waals surface area (Å²) in [6.45, 7) is 1.62. The lowest BCUT2D eigenvalue weighted by Crippen LogP contribution is -2.36. The van der Waals surface area contributed by atoms with Gasteiger partial charge in [0.2, 0.25) is 0 Å². The summed E-state index contributed by atoms with van der Waals surface area (Å²) in [5.41, 5.74) is 5.95. The Morgan fingerprint density at radius 2 is 1.83 bits per heavy atom. The molecule has 5 nitrogen and oxygen atoms in total. The van der Waals surface area contributed by atoms with Crippen molar-refractivity contribution in [1.82, 2.24) is 10.9 Å². The molecular formula is C12H13ClN2O3. The van der Waals surface area contributed by atoms with E-state index in [1.807, 2.05) is 0 Å². The topological polar surface area (TPSA) is 67.4 Å². The number of methoxy groups -OCH3 is 1. The molecule has 0 unspecified atom stereocenters. The van der Waals surface area contributed by atoms with Crippen LogP contribution < -0.4 is 10.9 Å². The molecule has 0 fully saturated rings. The number of rotatable bonds is 4. The van der Waals surface area contributed by atoms with E-state index in [9.17, 15) is 9.59 Å². The summed E-state index contributed by atoms with van der Waals surface area (Å²) in [4.78, 5) is 22.6. The molecule has 0 saturated carbocycles. The average molecular weight is 269 g/mol. The second-order valence-electron chi connectivity index (χ2n) is 3.44. The van der Waals surface area contributed by atoms with Crippen molar-refractivity contribution in [1.29, 1.82) is 0 Å². The van der Waals surface area contributed by atoms with Gasteiger partial charge in [0.15, 0.2) is 0 Å². The second kappa shape index (κ2) is 6.66. The molecule has 0 aliphatic heterocycles. The van der Waals surface area contributed by atoms with Crippen molar-refractivity contribution in [2.45, 2.75) is 6.92 Å². The van der Waals surface area contributed by atoms with Crippen LogP contribution in [0.1, 0.15) is 17.3 Å². The predicted octanol–water partition coefficient (Wildman–Crippen LogP) is 1.65. The number of hydrazine groups is 1. The zero-order valence-corrected chi connectivity index (χ0v) is 10.7. The third-order valence-corrected chi connectivity index (χ3v) is 2.27. The summed E-state index contributed by atoms with van der Waals surface area (Å²) >= 11 is 5.71. The Bertz CT molecular complexity index is 469. The fourth-order valence-electron chi connectivity index (χ4n) is 1.10. The zero-order valence-electron chi connectivity index (χ0n) is 9.99. The van der Waals surface area contributed by atoms with E-state index in [2.05, 4.69) is 15.6 Å². The summed E-state index contributed by atoms with van der Waals surface area (Å²) in [5.74, 6) is -0.829. The van der Waals surface area contributed by atoms with Crippen LogP contribution in [0.4, 0.5) is 0 Å².